The fourth-order valence-electron chi connectivity index (χ4n) is 3.36. The third-order valence-corrected chi connectivity index (χ3v) is 4.76. The smallest absolute Gasteiger partial charge is 0.248 e. The highest BCUT2D eigenvalue weighted by molar-refractivity contribution is 5.77. The number of carbonyl (C=O) groups excluding carboxylic acids is 1. The zero-order valence-corrected chi connectivity index (χ0v) is 13.8. The monoisotopic (exact) mass is 296 g/mol. The predicted octanol–water partition coefficient (Wildman–Crippen LogP) is 2.57. The number of carbonyl (C=O) groups is 1. The summed E-state index contributed by atoms with van der Waals surface area (Å²) in [5.41, 5.74) is 0. The molecule has 2 rings (SSSR count). The Bertz CT molecular complexity index is 308. The molecule has 2 aliphatic rings. The fraction of sp³-hybridized carbons (Fsp3) is 0.941. The van der Waals surface area contributed by atoms with Crippen LogP contribution in [0.25, 0.3) is 0 Å². The first-order valence-electron chi connectivity index (χ1n) is 8.78. The van der Waals surface area contributed by atoms with Crippen LogP contribution < -0.4 is 5.32 Å². The minimum atomic E-state index is 0.209. The van der Waals surface area contributed by atoms with Gasteiger partial charge in [-0.2, -0.15) is 0 Å². The lowest BCUT2D eigenvalue weighted by atomic mass is 10.1. The maximum atomic E-state index is 12.6. The second-order valence-electron chi connectivity index (χ2n) is 6.97. The average molecular weight is 296 g/mol. The first-order chi connectivity index (χ1) is 10.2. The van der Waals surface area contributed by atoms with Gasteiger partial charge in [0, 0.05) is 12.6 Å². The van der Waals surface area contributed by atoms with Gasteiger partial charge in [0.1, 0.15) is 6.61 Å². The summed E-state index contributed by atoms with van der Waals surface area (Å²) < 4.78 is 5.86. The summed E-state index contributed by atoms with van der Waals surface area (Å²) in [5.74, 6) is 0.855. The van der Waals surface area contributed by atoms with Crippen LogP contribution in [0.5, 0.6) is 0 Å². The van der Waals surface area contributed by atoms with Crippen molar-refractivity contribution in [1.29, 1.82) is 0 Å². The molecule has 4 nitrogen and oxygen atoms in total. The lowest BCUT2D eigenvalue weighted by Gasteiger charge is -2.31. The molecule has 21 heavy (non-hydrogen) atoms. The molecule has 1 saturated heterocycles. The zero-order chi connectivity index (χ0) is 15.1. The van der Waals surface area contributed by atoms with E-state index in [0.29, 0.717) is 12.0 Å². The normalized spacial score (nSPS) is 21.1. The molecule has 1 heterocycles. The van der Waals surface area contributed by atoms with Crippen LogP contribution in [0, 0.1) is 5.92 Å². The third kappa shape index (κ3) is 5.59. The second-order valence-corrected chi connectivity index (χ2v) is 6.97. The van der Waals surface area contributed by atoms with Gasteiger partial charge in [-0.1, -0.05) is 26.7 Å². The van der Waals surface area contributed by atoms with E-state index in [1.165, 1.54) is 25.7 Å². The Hall–Kier alpha value is -0.610. The summed E-state index contributed by atoms with van der Waals surface area (Å²) in [6.07, 6.45) is 8.32. The molecule has 0 spiro atoms. The van der Waals surface area contributed by atoms with Gasteiger partial charge in [0.2, 0.25) is 5.91 Å². The van der Waals surface area contributed by atoms with E-state index in [2.05, 4.69) is 24.1 Å². The summed E-state index contributed by atoms with van der Waals surface area (Å²) >= 11 is 0. The molecule has 0 aromatic carbocycles. The van der Waals surface area contributed by atoms with Crippen molar-refractivity contribution in [3.05, 3.63) is 0 Å². The molecular weight excluding hydrogens is 264 g/mol. The number of rotatable bonds is 7. The molecule has 0 radical (unpaired) electrons. The van der Waals surface area contributed by atoms with Crippen molar-refractivity contribution in [2.75, 3.05) is 26.2 Å². The summed E-state index contributed by atoms with van der Waals surface area (Å²) in [4.78, 5) is 14.7. The maximum Gasteiger partial charge on any atom is 0.248 e. The summed E-state index contributed by atoms with van der Waals surface area (Å²) in [6, 6.07) is 0.466. The Morgan fingerprint density at radius 1 is 1.19 bits per heavy atom. The van der Waals surface area contributed by atoms with Crippen molar-refractivity contribution in [2.45, 2.75) is 70.9 Å². The highest BCUT2D eigenvalue weighted by atomic mass is 16.5. The highest BCUT2D eigenvalue weighted by Gasteiger charge is 2.27. The zero-order valence-electron chi connectivity index (χ0n) is 13.8. The molecule has 2 fully saturated rings. The lowest BCUT2D eigenvalue weighted by Crippen LogP contribution is -2.43. The van der Waals surface area contributed by atoms with Gasteiger partial charge in [-0.25, -0.2) is 0 Å². The van der Waals surface area contributed by atoms with E-state index in [0.717, 1.165) is 38.9 Å². The van der Waals surface area contributed by atoms with Crippen molar-refractivity contribution in [3.63, 3.8) is 0 Å². The number of nitrogens with one attached hydrogen (secondary N) is 1. The lowest BCUT2D eigenvalue weighted by molar-refractivity contribution is -0.141. The van der Waals surface area contributed by atoms with Gasteiger partial charge in [-0.3, -0.25) is 4.79 Å². The summed E-state index contributed by atoms with van der Waals surface area (Å²) in [6.45, 7) is 7.65. The predicted molar refractivity (Wildman–Crippen MR) is 85.3 cm³/mol. The van der Waals surface area contributed by atoms with Crippen LogP contribution >= 0.6 is 0 Å². The number of amides is 1. The van der Waals surface area contributed by atoms with E-state index >= 15 is 0 Å². The molecule has 0 bridgehead atoms. The number of hydrogen-bond donors (Lipinski definition) is 1. The van der Waals surface area contributed by atoms with Crippen molar-refractivity contribution >= 4 is 5.91 Å². The van der Waals surface area contributed by atoms with Crippen molar-refractivity contribution < 1.29 is 9.53 Å². The number of nitrogens with zero attached hydrogens (tertiary/aromatic N) is 1. The van der Waals surface area contributed by atoms with Gasteiger partial charge in [-0.05, 0) is 51.1 Å². The van der Waals surface area contributed by atoms with E-state index in [4.69, 9.17) is 4.74 Å². The Morgan fingerprint density at radius 2 is 1.86 bits per heavy atom. The first kappa shape index (κ1) is 16.8. The Labute approximate surface area is 129 Å². The molecule has 122 valence electrons. The maximum absolute atomic E-state index is 12.6. The fourth-order valence-corrected chi connectivity index (χ4v) is 3.36. The summed E-state index contributed by atoms with van der Waals surface area (Å²) in [5, 5.41) is 3.33. The number of hydrogen-bond acceptors (Lipinski definition) is 3. The van der Waals surface area contributed by atoms with Crippen LogP contribution in [0.15, 0.2) is 0 Å². The van der Waals surface area contributed by atoms with Gasteiger partial charge in [-0.15, -0.1) is 0 Å². The summed E-state index contributed by atoms with van der Waals surface area (Å²) in [7, 11) is 0. The van der Waals surface area contributed by atoms with Gasteiger partial charge in [0.15, 0.2) is 0 Å². The van der Waals surface area contributed by atoms with E-state index in [1.807, 2.05) is 0 Å². The largest absolute Gasteiger partial charge is 0.368 e. The Kier molecular flexibility index (Phi) is 6.97. The number of piperidine rings is 1. The molecule has 1 amide bonds. The van der Waals surface area contributed by atoms with Crippen LogP contribution in [0.4, 0.5) is 0 Å². The van der Waals surface area contributed by atoms with Crippen LogP contribution in [-0.2, 0) is 9.53 Å². The van der Waals surface area contributed by atoms with Crippen molar-refractivity contribution in [2.24, 2.45) is 5.92 Å². The number of ether oxygens (including phenoxy) is 1. The molecule has 0 unspecified atom stereocenters. The molecule has 4 heteroatoms. The standard InChI is InChI=1S/C17H32N2O2/c1-14(2)9-12-19(15-5-3-4-6-15)17(20)13-21-16-7-10-18-11-8-16/h14-16,18H,3-13H2,1-2H3. The van der Waals surface area contributed by atoms with Gasteiger partial charge in [0.05, 0.1) is 6.10 Å². The Morgan fingerprint density at radius 3 is 2.48 bits per heavy atom. The van der Waals surface area contributed by atoms with E-state index in [9.17, 15) is 4.79 Å². The van der Waals surface area contributed by atoms with Crippen LogP contribution in [0.2, 0.25) is 0 Å². The van der Waals surface area contributed by atoms with Crippen LogP contribution in [0.1, 0.15) is 58.8 Å². The molecule has 1 saturated carbocycles. The molecule has 0 atom stereocenters. The first-order valence-corrected chi connectivity index (χ1v) is 8.78. The van der Waals surface area contributed by atoms with Crippen molar-refractivity contribution in [3.8, 4) is 0 Å². The van der Waals surface area contributed by atoms with Crippen LogP contribution in [0.3, 0.4) is 0 Å². The third-order valence-electron chi connectivity index (χ3n) is 4.76. The van der Waals surface area contributed by atoms with E-state index in [1.54, 1.807) is 0 Å². The van der Waals surface area contributed by atoms with E-state index < -0.39 is 0 Å². The molecular formula is C17H32N2O2. The highest BCUT2D eigenvalue weighted by Crippen LogP contribution is 2.24. The van der Waals surface area contributed by atoms with Gasteiger partial charge in [0.25, 0.3) is 0 Å². The van der Waals surface area contributed by atoms with Gasteiger partial charge < -0.3 is 15.0 Å². The molecule has 1 aliphatic heterocycles. The quantitative estimate of drug-likeness (QED) is 0.785. The molecule has 1 aliphatic carbocycles. The Balaban J connectivity index is 1.80. The van der Waals surface area contributed by atoms with Gasteiger partial charge >= 0.3 is 0 Å². The molecule has 0 aromatic rings. The molecule has 1 N–H and O–H groups in total. The minimum Gasteiger partial charge on any atom is -0.368 e. The second kappa shape index (κ2) is 8.74. The minimum absolute atomic E-state index is 0.209. The average Bonchev–Trinajstić information content (AvgIpc) is 3.00. The molecule has 0 aromatic heterocycles. The van der Waals surface area contributed by atoms with E-state index in [-0.39, 0.29) is 18.6 Å². The topological polar surface area (TPSA) is 41.6 Å². The van der Waals surface area contributed by atoms with Crippen molar-refractivity contribution in [1.82, 2.24) is 10.2 Å². The SMILES string of the molecule is CC(C)CCN(C(=O)COC1CCNCC1)C1CCCC1. The van der Waals surface area contributed by atoms with Crippen LogP contribution in [-0.4, -0.2) is 49.2 Å².